The minimum atomic E-state index is -0.613. The lowest BCUT2D eigenvalue weighted by molar-refractivity contribution is -0.385. The Hall–Kier alpha value is -0.710. The molecule has 1 aliphatic carbocycles. The summed E-state index contributed by atoms with van der Waals surface area (Å²) in [6, 6.07) is 1.37. The van der Waals surface area contributed by atoms with E-state index in [1.165, 1.54) is 6.07 Å². The summed E-state index contributed by atoms with van der Waals surface area (Å²) in [6.07, 6.45) is 4.95. The van der Waals surface area contributed by atoms with Gasteiger partial charge in [0.05, 0.1) is 21.1 Å². The highest BCUT2D eigenvalue weighted by Crippen LogP contribution is 2.45. The molecule has 0 amide bonds. The van der Waals surface area contributed by atoms with Gasteiger partial charge < -0.3 is 4.74 Å². The molecule has 2 rings (SSSR count). The minimum absolute atomic E-state index is 0.0213. The van der Waals surface area contributed by atoms with Crippen LogP contribution in [0, 0.1) is 10.1 Å². The van der Waals surface area contributed by atoms with Crippen molar-refractivity contribution >= 4 is 40.5 Å². The van der Waals surface area contributed by atoms with Gasteiger partial charge in [0.1, 0.15) is 5.02 Å². The van der Waals surface area contributed by atoms with Crippen molar-refractivity contribution in [1.82, 2.24) is 0 Å². The summed E-state index contributed by atoms with van der Waals surface area (Å²) in [5.41, 5.74) is -0.357. The first-order valence-electron chi connectivity index (χ1n) is 5.99. The monoisotopic (exact) mass is 323 g/mol. The van der Waals surface area contributed by atoms with Crippen LogP contribution in [0.1, 0.15) is 32.1 Å². The molecule has 7 heteroatoms. The lowest BCUT2D eigenvalue weighted by atomic mass is 9.98. The van der Waals surface area contributed by atoms with Crippen molar-refractivity contribution in [3.63, 3.8) is 0 Å². The van der Waals surface area contributed by atoms with Gasteiger partial charge in [0, 0.05) is 0 Å². The second-order valence-electron chi connectivity index (χ2n) is 4.47. The summed E-state index contributed by atoms with van der Waals surface area (Å²) in [7, 11) is 0. The molecule has 0 radical (unpaired) electrons. The molecule has 104 valence electrons. The molecule has 1 aliphatic rings. The standard InChI is InChI=1S/C12H12Cl3NO3/c13-8-6-9(14)12(11(10(8)15)16(17)18)19-7-4-2-1-3-5-7/h6-7H,1-5H2. The van der Waals surface area contributed by atoms with Crippen molar-refractivity contribution < 1.29 is 9.66 Å². The predicted molar refractivity (Wildman–Crippen MR) is 75.6 cm³/mol. The Bertz CT molecular complexity index is 501. The van der Waals surface area contributed by atoms with Crippen LogP contribution in [0.3, 0.4) is 0 Å². The van der Waals surface area contributed by atoms with E-state index < -0.39 is 4.92 Å². The first-order valence-corrected chi connectivity index (χ1v) is 7.12. The first-order chi connectivity index (χ1) is 9.00. The Labute approximate surface area is 125 Å². The Morgan fingerprint density at radius 2 is 1.79 bits per heavy atom. The topological polar surface area (TPSA) is 52.4 Å². The number of ether oxygens (including phenoxy) is 1. The van der Waals surface area contributed by atoms with Crippen LogP contribution in [-0.2, 0) is 0 Å². The Balaban J connectivity index is 2.37. The SMILES string of the molecule is O=[N+]([O-])c1c(Cl)c(Cl)cc(Cl)c1OC1CCCCC1. The highest BCUT2D eigenvalue weighted by atomic mass is 35.5. The highest BCUT2D eigenvalue weighted by molar-refractivity contribution is 6.45. The lowest BCUT2D eigenvalue weighted by Gasteiger charge is -2.23. The molecule has 0 unspecified atom stereocenters. The maximum atomic E-state index is 11.1. The van der Waals surface area contributed by atoms with E-state index in [4.69, 9.17) is 39.5 Å². The zero-order valence-electron chi connectivity index (χ0n) is 10.00. The van der Waals surface area contributed by atoms with Gasteiger partial charge in [0.15, 0.2) is 0 Å². The van der Waals surface area contributed by atoms with E-state index in [0.29, 0.717) is 0 Å². The number of rotatable bonds is 3. The maximum absolute atomic E-state index is 11.1. The highest BCUT2D eigenvalue weighted by Gasteiger charge is 2.29. The van der Waals surface area contributed by atoms with Crippen molar-refractivity contribution in [2.24, 2.45) is 0 Å². The molecule has 1 aromatic carbocycles. The van der Waals surface area contributed by atoms with Crippen LogP contribution in [0.4, 0.5) is 5.69 Å². The van der Waals surface area contributed by atoms with Crippen molar-refractivity contribution in [3.8, 4) is 5.75 Å². The fourth-order valence-corrected chi connectivity index (χ4v) is 2.90. The lowest BCUT2D eigenvalue weighted by Crippen LogP contribution is -2.20. The third-order valence-corrected chi connectivity index (χ3v) is 4.18. The number of nitrogens with zero attached hydrogens (tertiary/aromatic N) is 1. The summed E-state index contributed by atoms with van der Waals surface area (Å²) >= 11 is 17.7. The second kappa shape index (κ2) is 6.16. The van der Waals surface area contributed by atoms with Crippen molar-refractivity contribution in [1.29, 1.82) is 0 Å². The predicted octanol–water partition coefficient (Wildman–Crippen LogP) is 5.27. The Morgan fingerprint density at radius 1 is 1.16 bits per heavy atom. The van der Waals surface area contributed by atoms with Gasteiger partial charge in [-0.3, -0.25) is 10.1 Å². The van der Waals surface area contributed by atoms with E-state index in [1.807, 2.05) is 0 Å². The molecular formula is C12H12Cl3NO3. The summed E-state index contributed by atoms with van der Waals surface area (Å²) in [4.78, 5) is 10.5. The van der Waals surface area contributed by atoms with Crippen LogP contribution in [-0.4, -0.2) is 11.0 Å². The molecule has 0 N–H and O–H groups in total. The van der Waals surface area contributed by atoms with Crippen molar-refractivity contribution in [3.05, 3.63) is 31.2 Å². The van der Waals surface area contributed by atoms with Gasteiger partial charge in [0.25, 0.3) is 0 Å². The number of hydrogen-bond donors (Lipinski definition) is 0. The fourth-order valence-electron chi connectivity index (χ4n) is 2.19. The van der Waals surface area contributed by atoms with Crippen LogP contribution < -0.4 is 4.74 Å². The minimum Gasteiger partial charge on any atom is -0.482 e. The molecular weight excluding hydrogens is 312 g/mol. The van der Waals surface area contributed by atoms with Gasteiger partial charge in [-0.15, -0.1) is 0 Å². The molecule has 4 nitrogen and oxygen atoms in total. The summed E-state index contributed by atoms with van der Waals surface area (Å²) < 4.78 is 5.70. The zero-order chi connectivity index (χ0) is 14.0. The van der Waals surface area contributed by atoms with Crippen molar-refractivity contribution in [2.45, 2.75) is 38.2 Å². The zero-order valence-corrected chi connectivity index (χ0v) is 12.3. The molecule has 1 fully saturated rings. The number of nitro benzene ring substituents is 1. The molecule has 19 heavy (non-hydrogen) atoms. The average Bonchev–Trinajstić information content (AvgIpc) is 2.37. The van der Waals surface area contributed by atoms with Crippen LogP contribution in [0.5, 0.6) is 5.75 Å². The largest absolute Gasteiger partial charge is 0.482 e. The normalized spacial score (nSPS) is 16.4. The quantitative estimate of drug-likeness (QED) is 0.432. The molecule has 0 aliphatic heterocycles. The maximum Gasteiger partial charge on any atom is 0.332 e. The van der Waals surface area contributed by atoms with E-state index in [-0.39, 0.29) is 32.6 Å². The van der Waals surface area contributed by atoms with E-state index in [9.17, 15) is 10.1 Å². The van der Waals surface area contributed by atoms with Gasteiger partial charge in [-0.25, -0.2) is 0 Å². The average molecular weight is 325 g/mol. The third kappa shape index (κ3) is 3.25. The Kier molecular flexibility index (Phi) is 4.76. The fraction of sp³-hybridized carbons (Fsp3) is 0.500. The van der Waals surface area contributed by atoms with Gasteiger partial charge in [-0.1, -0.05) is 41.2 Å². The van der Waals surface area contributed by atoms with E-state index >= 15 is 0 Å². The second-order valence-corrected chi connectivity index (χ2v) is 5.66. The molecule has 0 aromatic heterocycles. The number of halogens is 3. The van der Waals surface area contributed by atoms with E-state index in [0.717, 1.165) is 32.1 Å². The summed E-state index contributed by atoms with van der Waals surface area (Å²) in [5.74, 6) is 0.0213. The van der Waals surface area contributed by atoms with Crippen LogP contribution >= 0.6 is 34.8 Å². The smallest absolute Gasteiger partial charge is 0.332 e. The van der Waals surface area contributed by atoms with E-state index in [2.05, 4.69) is 0 Å². The van der Waals surface area contributed by atoms with Crippen LogP contribution in [0.25, 0.3) is 0 Å². The number of benzene rings is 1. The van der Waals surface area contributed by atoms with E-state index in [1.54, 1.807) is 0 Å². The molecule has 0 saturated heterocycles. The molecule has 0 bridgehead atoms. The van der Waals surface area contributed by atoms with Gasteiger partial charge >= 0.3 is 5.69 Å². The molecule has 0 atom stereocenters. The van der Waals surface area contributed by atoms with Gasteiger partial charge in [0.2, 0.25) is 5.75 Å². The number of hydrogen-bond acceptors (Lipinski definition) is 3. The van der Waals surface area contributed by atoms with Crippen LogP contribution in [0.2, 0.25) is 15.1 Å². The summed E-state index contributed by atoms with van der Waals surface area (Å²) in [6.45, 7) is 0. The molecule has 0 heterocycles. The van der Waals surface area contributed by atoms with Gasteiger partial charge in [-0.2, -0.15) is 0 Å². The molecule has 1 saturated carbocycles. The van der Waals surface area contributed by atoms with Crippen LogP contribution in [0.15, 0.2) is 6.07 Å². The molecule has 1 aromatic rings. The Morgan fingerprint density at radius 3 is 2.37 bits per heavy atom. The van der Waals surface area contributed by atoms with Crippen molar-refractivity contribution in [2.75, 3.05) is 0 Å². The molecule has 0 spiro atoms. The third-order valence-electron chi connectivity index (χ3n) is 3.12. The first kappa shape index (κ1) is 14.7. The number of nitro groups is 1. The van der Waals surface area contributed by atoms with Gasteiger partial charge in [-0.05, 0) is 31.7 Å². The summed E-state index contributed by atoms with van der Waals surface area (Å²) in [5, 5.41) is 11.1.